The summed E-state index contributed by atoms with van der Waals surface area (Å²) in [4.78, 5) is 8.22. The van der Waals surface area contributed by atoms with E-state index in [1.165, 1.54) is 30.5 Å². The van der Waals surface area contributed by atoms with Crippen molar-refractivity contribution in [2.75, 3.05) is 10.6 Å². The van der Waals surface area contributed by atoms with Crippen molar-refractivity contribution in [3.63, 3.8) is 0 Å². The smallest absolute Gasteiger partial charge is 0.340 e. The van der Waals surface area contributed by atoms with Crippen molar-refractivity contribution in [1.82, 2.24) is 9.97 Å². The van der Waals surface area contributed by atoms with Gasteiger partial charge in [-0.2, -0.15) is 18.2 Å². The van der Waals surface area contributed by atoms with Gasteiger partial charge in [0.05, 0.1) is 11.3 Å². The molecule has 3 rings (SSSR count). The van der Waals surface area contributed by atoms with Crippen LogP contribution in [0.2, 0.25) is 5.02 Å². The zero-order valence-electron chi connectivity index (χ0n) is 12.7. The molecule has 0 aliphatic rings. The number of para-hydroxylation sites is 1. The zero-order chi connectivity index (χ0) is 17.9. The molecule has 0 aliphatic heterocycles. The number of halogens is 4. The second-order valence-corrected chi connectivity index (χ2v) is 5.51. The normalized spacial score (nSPS) is 11.2. The van der Waals surface area contributed by atoms with E-state index in [1.54, 1.807) is 24.3 Å². The number of hydrogen-bond acceptors (Lipinski definition) is 4. The number of nitrogens with one attached hydrogen (secondary N) is 2. The van der Waals surface area contributed by atoms with Gasteiger partial charge in [0.25, 0.3) is 0 Å². The highest BCUT2D eigenvalue weighted by Gasteiger charge is 2.33. The molecule has 0 fully saturated rings. The molecule has 0 spiro atoms. The molecule has 2 aromatic carbocycles. The number of benzene rings is 2. The Hall–Kier alpha value is -2.80. The van der Waals surface area contributed by atoms with Gasteiger partial charge >= 0.3 is 6.18 Å². The number of anilines is 4. The lowest BCUT2D eigenvalue weighted by Crippen LogP contribution is -2.09. The topological polar surface area (TPSA) is 49.8 Å². The molecule has 0 amide bonds. The maximum Gasteiger partial charge on any atom is 0.418 e. The van der Waals surface area contributed by atoms with Gasteiger partial charge in [0.2, 0.25) is 5.95 Å². The van der Waals surface area contributed by atoms with Gasteiger partial charge in [0.1, 0.15) is 5.82 Å². The monoisotopic (exact) mass is 364 g/mol. The summed E-state index contributed by atoms with van der Waals surface area (Å²) < 4.78 is 39.2. The highest BCUT2D eigenvalue weighted by Crippen LogP contribution is 2.35. The first-order valence-electron chi connectivity index (χ1n) is 7.21. The fourth-order valence-electron chi connectivity index (χ4n) is 2.16. The van der Waals surface area contributed by atoms with Crippen LogP contribution < -0.4 is 10.6 Å². The molecular formula is C17H12ClF3N4. The average Bonchev–Trinajstić information content (AvgIpc) is 2.55. The minimum absolute atomic E-state index is 0.0811. The lowest BCUT2D eigenvalue weighted by Gasteiger charge is -2.14. The van der Waals surface area contributed by atoms with E-state index in [1.807, 2.05) is 0 Å². The molecule has 3 aromatic rings. The number of alkyl halides is 3. The zero-order valence-corrected chi connectivity index (χ0v) is 13.4. The van der Waals surface area contributed by atoms with Gasteiger partial charge in [0, 0.05) is 16.9 Å². The van der Waals surface area contributed by atoms with Gasteiger partial charge in [-0.15, -0.1) is 0 Å². The lowest BCUT2D eigenvalue weighted by molar-refractivity contribution is -0.136. The Morgan fingerprint density at radius 1 is 0.920 bits per heavy atom. The van der Waals surface area contributed by atoms with Crippen LogP contribution in [0.3, 0.4) is 0 Å². The summed E-state index contributed by atoms with van der Waals surface area (Å²) in [6, 6.07) is 13.6. The Morgan fingerprint density at radius 3 is 2.48 bits per heavy atom. The molecule has 0 unspecified atom stereocenters. The second kappa shape index (κ2) is 6.98. The third-order valence-electron chi connectivity index (χ3n) is 3.23. The van der Waals surface area contributed by atoms with E-state index in [0.29, 0.717) is 10.7 Å². The van der Waals surface area contributed by atoms with Crippen LogP contribution in [0.1, 0.15) is 5.56 Å². The van der Waals surface area contributed by atoms with Gasteiger partial charge < -0.3 is 10.6 Å². The van der Waals surface area contributed by atoms with Gasteiger partial charge in [0.15, 0.2) is 0 Å². The van der Waals surface area contributed by atoms with Crippen LogP contribution in [0.25, 0.3) is 0 Å². The standard InChI is InChI=1S/C17H12ClF3N4/c18-11-4-3-5-12(10-11)23-16-22-9-8-15(25-16)24-14-7-2-1-6-13(14)17(19,20)21/h1-10H,(H2,22,23,24,25). The molecule has 8 heteroatoms. The largest absolute Gasteiger partial charge is 0.418 e. The maximum absolute atomic E-state index is 13.1. The van der Waals surface area contributed by atoms with Crippen LogP contribution >= 0.6 is 11.6 Å². The average molecular weight is 365 g/mol. The van der Waals surface area contributed by atoms with Gasteiger partial charge in [-0.1, -0.05) is 29.8 Å². The van der Waals surface area contributed by atoms with Crippen molar-refractivity contribution in [2.24, 2.45) is 0 Å². The molecule has 0 atom stereocenters. The van der Waals surface area contributed by atoms with Crippen LogP contribution in [0, 0.1) is 0 Å². The van der Waals surface area contributed by atoms with E-state index >= 15 is 0 Å². The summed E-state index contributed by atoms with van der Waals surface area (Å²) in [7, 11) is 0. The molecule has 2 N–H and O–H groups in total. The highest BCUT2D eigenvalue weighted by atomic mass is 35.5. The fourth-order valence-corrected chi connectivity index (χ4v) is 2.35. The first-order chi connectivity index (χ1) is 11.9. The predicted molar refractivity (Wildman–Crippen MR) is 91.5 cm³/mol. The molecule has 0 bridgehead atoms. The highest BCUT2D eigenvalue weighted by molar-refractivity contribution is 6.30. The molecular weight excluding hydrogens is 353 g/mol. The minimum atomic E-state index is -4.46. The first-order valence-corrected chi connectivity index (χ1v) is 7.58. The van der Waals surface area contributed by atoms with Crippen LogP contribution in [0.5, 0.6) is 0 Å². The third kappa shape index (κ3) is 4.39. The van der Waals surface area contributed by atoms with Gasteiger partial charge in [-0.05, 0) is 36.4 Å². The Morgan fingerprint density at radius 2 is 1.72 bits per heavy atom. The molecule has 128 valence electrons. The van der Waals surface area contributed by atoms with E-state index in [-0.39, 0.29) is 17.5 Å². The van der Waals surface area contributed by atoms with Crippen LogP contribution in [0.15, 0.2) is 60.8 Å². The maximum atomic E-state index is 13.1. The van der Waals surface area contributed by atoms with Gasteiger partial charge in [-0.3, -0.25) is 0 Å². The summed E-state index contributed by atoms with van der Waals surface area (Å²) in [6.07, 6.45) is -3.02. The number of aromatic nitrogens is 2. The fraction of sp³-hybridized carbons (Fsp3) is 0.0588. The molecule has 0 radical (unpaired) electrons. The van der Waals surface area contributed by atoms with Crippen molar-refractivity contribution >= 4 is 34.7 Å². The summed E-state index contributed by atoms with van der Waals surface area (Å²) in [5.74, 6) is 0.466. The molecule has 4 nitrogen and oxygen atoms in total. The van der Waals surface area contributed by atoms with Crippen molar-refractivity contribution in [3.8, 4) is 0 Å². The Labute approximate surface area is 146 Å². The van der Waals surface area contributed by atoms with Crippen LogP contribution in [0.4, 0.5) is 36.3 Å². The molecule has 1 heterocycles. The molecule has 0 saturated heterocycles. The Kier molecular flexibility index (Phi) is 4.76. The first kappa shape index (κ1) is 17.0. The summed E-state index contributed by atoms with van der Waals surface area (Å²) in [5, 5.41) is 6.17. The summed E-state index contributed by atoms with van der Waals surface area (Å²) in [6.45, 7) is 0. The Balaban J connectivity index is 1.83. The third-order valence-corrected chi connectivity index (χ3v) is 3.47. The van der Waals surface area contributed by atoms with Crippen molar-refractivity contribution in [2.45, 2.75) is 6.18 Å². The predicted octanol–water partition coefficient (Wildman–Crippen LogP) is 5.64. The van der Waals surface area contributed by atoms with Crippen molar-refractivity contribution < 1.29 is 13.2 Å². The van der Waals surface area contributed by atoms with E-state index in [4.69, 9.17) is 11.6 Å². The molecule has 1 aromatic heterocycles. The summed E-state index contributed by atoms with van der Waals surface area (Å²) >= 11 is 5.91. The summed E-state index contributed by atoms with van der Waals surface area (Å²) in [5.41, 5.74) is -0.180. The van der Waals surface area contributed by atoms with Gasteiger partial charge in [-0.25, -0.2) is 4.98 Å². The quantitative estimate of drug-likeness (QED) is 0.629. The molecule has 25 heavy (non-hydrogen) atoms. The second-order valence-electron chi connectivity index (χ2n) is 5.07. The van der Waals surface area contributed by atoms with Crippen molar-refractivity contribution in [1.29, 1.82) is 0 Å². The van der Waals surface area contributed by atoms with Crippen LogP contribution in [-0.4, -0.2) is 9.97 Å². The van der Waals surface area contributed by atoms with Crippen LogP contribution in [-0.2, 0) is 6.18 Å². The molecule has 0 aliphatic carbocycles. The Bertz CT molecular complexity index is 884. The molecule has 0 saturated carbocycles. The number of rotatable bonds is 4. The number of hydrogen-bond donors (Lipinski definition) is 2. The van der Waals surface area contributed by atoms with E-state index in [2.05, 4.69) is 20.6 Å². The SMILES string of the molecule is FC(F)(F)c1ccccc1Nc1ccnc(Nc2cccc(Cl)c2)n1. The van der Waals surface area contributed by atoms with E-state index in [9.17, 15) is 13.2 Å². The van der Waals surface area contributed by atoms with E-state index < -0.39 is 11.7 Å². The van der Waals surface area contributed by atoms with E-state index in [0.717, 1.165) is 6.07 Å². The number of nitrogens with zero attached hydrogens (tertiary/aromatic N) is 2. The van der Waals surface area contributed by atoms with Crippen molar-refractivity contribution in [3.05, 3.63) is 71.4 Å². The lowest BCUT2D eigenvalue weighted by atomic mass is 10.1. The minimum Gasteiger partial charge on any atom is -0.340 e.